The maximum Gasteiger partial charge on any atom is 0.271 e. The van der Waals surface area contributed by atoms with Crippen LogP contribution in [0.15, 0.2) is 41.0 Å². The lowest BCUT2D eigenvalue weighted by molar-refractivity contribution is -0.133. The van der Waals surface area contributed by atoms with Gasteiger partial charge in [0.1, 0.15) is 11.2 Å². The molecule has 1 atom stereocenters. The molecule has 3 heterocycles. The normalized spacial score (nSPS) is 20.8. The third-order valence-electron chi connectivity index (χ3n) is 7.80. The largest absolute Gasteiger partial charge is 0.493 e. The first-order valence-electron chi connectivity index (χ1n) is 12.8. The summed E-state index contributed by atoms with van der Waals surface area (Å²) in [5.74, 6) is 1.05. The molecule has 3 aromatic rings. The van der Waals surface area contributed by atoms with Crippen LogP contribution in [0.1, 0.15) is 61.5 Å². The topological polar surface area (TPSA) is 85.9 Å². The molecular formula is C28H35N3O5. The van der Waals surface area contributed by atoms with Crippen molar-refractivity contribution in [2.24, 2.45) is 0 Å². The van der Waals surface area contributed by atoms with Crippen LogP contribution in [0.5, 0.6) is 11.5 Å². The van der Waals surface area contributed by atoms with E-state index in [4.69, 9.17) is 13.9 Å². The van der Waals surface area contributed by atoms with Gasteiger partial charge in [0.15, 0.2) is 17.1 Å². The van der Waals surface area contributed by atoms with E-state index in [0.717, 1.165) is 36.8 Å². The van der Waals surface area contributed by atoms with Gasteiger partial charge >= 0.3 is 0 Å². The van der Waals surface area contributed by atoms with Crippen LogP contribution in [-0.2, 0) is 17.8 Å². The Labute approximate surface area is 211 Å². The zero-order valence-corrected chi connectivity index (χ0v) is 21.3. The third-order valence-corrected chi connectivity index (χ3v) is 7.80. The number of nitrogens with one attached hydrogen (secondary N) is 1. The molecule has 2 amide bonds. The summed E-state index contributed by atoms with van der Waals surface area (Å²) >= 11 is 0. The maximum absolute atomic E-state index is 13.9. The molecule has 0 radical (unpaired) electrons. The van der Waals surface area contributed by atoms with Gasteiger partial charge in [-0.3, -0.25) is 9.59 Å². The van der Waals surface area contributed by atoms with Crippen LogP contribution < -0.4 is 14.8 Å². The van der Waals surface area contributed by atoms with Gasteiger partial charge in [-0.25, -0.2) is 0 Å². The van der Waals surface area contributed by atoms with Crippen LogP contribution in [0.4, 0.5) is 0 Å². The second-order valence-corrected chi connectivity index (χ2v) is 10.1. The van der Waals surface area contributed by atoms with E-state index in [1.807, 2.05) is 35.8 Å². The summed E-state index contributed by atoms with van der Waals surface area (Å²) in [6, 6.07) is 9.54. The predicted molar refractivity (Wildman–Crippen MR) is 137 cm³/mol. The minimum absolute atomic E-state index is 0.0916. The van der Waals surface area contributed by atoms with Crippen molar-refractivity contribution in [2.75, 3.05) is 20.8 Å². The molecule has 0 bridgehead atoms. The second-order valence-electron chi connectivity index (χ2n) is 10.1. The summed E-state index contributed by atoms with van der Waals surface area (Å²) < 4.78 is 18.3. The van der Waals surface area contributed by atoms with Crippen LogP contribution in [0.3, 0.4) is 0 Å². The number of amides is 2. The number of furan rings is 1. The lowest BCUT2D eigenvalue weighted by Crippen LogP contribution is -2.65. The Morgan fingerprint density at radius 3 is 2.56 bits per heavy atom. The van der Waals surface area contributed by atoms with E-state index >= 15 is 0 Å². The highest BCUT2D eigenvalue weighted by Gasteiger charge is 2.48. The van der Waals surface area contributed by atoms with Gasteiger partial charge in [0.05, 0.1) is 32.5 Å². The molecule has 1 fully saturated rings. The Kier molecular flexibility index (Phi) is 6.69. The van der Waals surface area contributed by atoms with E-state index < -0.39 is 5.54 Å². The number of benzene rings is 1. The highest BCUT2D eigenvalue weighted by Crippen LogP contribution is 2.34. The zero-order valence-electron chi connectivity index (χ0n) is 21.3. The van der Waals surface area contributed by atoms with Crippen molar-refractivity contribution >= 4 is 22.9 Å². The number of methoxy groups -OCH3 is 2. The number of aromatic nitrogens is 1. The molecule has 36 heavy (non-hydrogen) atoms. The molecule has 1 aliphatic carbocycles. The first-order valence-corrected chi connectivity index (χ1v) is 12.8. The molecule has 192 valence electrons. The van der Waals surface area contributed by atoms with E-state index in [0.29, 0.717) is 42.3 Å². The fourth-order valence-corrected chi connectivity index (χ4v) is 5.66. The van der Waals surface area contributed by atoms with Crippen LogP contribution in [0.2, 0.25) is 0 Å². The maximum atomic E-state index is 13.9. The number of ether oxygens (including phenoxy) is 2. The van der Waals surface area contributed by atoms with Gasteiger partial charge in [0.25, 0.3) is 5.91 Å². The Balaban J connectivity index is 1.45. The highest BCUT2D eigenvalue weighted by atomic mass is 16.5. The van der Waals surface area contributed by atoms with Crippen molar-refractivity contribution in [3.8, 4) is 11.5 Å². The molecule has 1 aromatic carbocycles. The van der Waals surface area contributed by atoms with Gasteiger partial charge < -0.3 is 28.7 Å². The van der Waals surface area contributed by atoms with Gasteiger partial charge in [0.2, 0.25) is 5.91 Å². The number of carbonyl (C=O) groups excluding carboxylic acids is 2. The molecule has 2 aromatic heterocycles. The van der Waals surface area contributed by atoms with Crippen LogP contribution >= 0.6 is 0 Å². The lowest BCUT2D eigenvalue weighted by Gasteiger charge is -2.44. The fourth-order valence-electron chi connectivity index (χ4n) is 5.66. The minimum Gasteiger partial charge on any atom is -0.493 e. The summed E-state index contributed by atoms with van der Waals surface area (Å²) in [6.07, 6.45) is 8.85. The molecule has 2 aliphatic rings. The van der Waals surface area contributed by atoms with Crippen molar-refractivity contribution in [2.45, 2.75) is 70.0 Å². The number of hydrogen-bond donors (Lipinski definition) is 1. The standard InChI is InChI=1S/C28H35N3O5/c1-28(27(33)29-20-8-6-4-5-7-9-20)18-30-21-13-15-36-24(21)17-22(30)26(32)31(28)14-12-19-10-11-23(34-2)25(16-19)35-3/h10-11,13,15-17,20H,4-9,12,14,18H2,1-3H3,(H,29,33). The number of hydrogen-bond acceptors (Lipinski definition) is 5. The minimum atomic E-state index is -1.03. The van der Waals surface area contributed by atoms with Crippen molar-refractivity contribution in [3.63, 3.8) is 0 Å². The first kappa shape index (κ1) is 24.3. The van der Waals surface area contributed by atoms with Gasteiger partial charge in [-0.2, -0.15) is 0 Å². The Morgan fingerprint density at radius 1 is 1.08 bits per heavy atom. The molecule has 8 heteroatoms. The average molecular weight is 494 g/mol. The predicted octanol–water partition coefficient (Wildman–Crippen LogP) is 4.55. The molecule has 1 saturated carbocycles. The van der Waals surface area contributed by atoms with Gasteiger partial charge in [-0.1, -0.05) is 31.7 Å². The number of carbonyl (C=O) groups is 2. The molecule has 5 rings (SSSR count). The van der Waals surface area contributed by atoms with E-state index in [1.165, 1.54) is 12.8 Å². The monoisotopic (exact) mass is 493 g/mol. The molecule has 8 nitrogen and oxygen atoms in total. The van der Waals surface area contributed by atoms with E-state index in [9.17, 15) is 9.59 Å². The van der Waals surface area contributed by atoms with Gasteiger partial charge in [0, 0.05) is 24.7 Å². The number of fused-ring (bicyclic) bond motifs is 3. The molecule has 0 spiro atoms. The quantitative estimate of drug-likeness (QED) is 0.488. The highest BCUT2D eigenvalue weighted by molar-refractivity contribution is 6.02. The Bertz CT molecular complexity index is 1250. The Morgan fingerprint density at radius 2 is 1.83 bits per heavy atom. The molecule has 1 aliphatic heterocycles. The second kappa shape index (κ2) is 9.91. The number of rotatable bonds is 7. The van der Waals surface area contributed by atoms with E-state index in [2.05, 4.69) is 5.32 Å². The summed E-state index contributed by atoms with van der Waals surface area (Å²) in [4.78, 5) is 29.5. The summed E-state index contributed by atoms with van der Waals surface area (Å²) in [6.45, 7) is 2.66. The molecule has 0 saturated heterocycles. The summed E-state index contributed by atoms with van der Waals surface area (Å²) in [7, 11) is 3.21. The van der Waals surface area contributed by atoms with Crippen LogP contribution in [-0.4, -0.2) is 53.6 Å². The lowest BCUT2D eigenvalue weighted by atomic mass is 9.93. The van der Waals surface area contributed by atoms with Crippen molar-refractivity contribution in [1.29, 1.82) is 0 Å². The third kappa shape index (κ3) is 4.33. The molecule has 1 N–H and O–H groups in total. The summed E-state index contributed by atoms with van der Waals surface area (Å²) in [5, 5.41) is 3.31. The van der Waals surface area contributed by atoms with Gasteiger partial charge in [-0.05, 0) is 43.9 Å². The Hall–Kier alpha value is -3.42. The van der Waals surface area contributed by atoms with E-state index in [-0.39, 0.29) is 17.9 Å². The SMILES string of the molecule is COc1ccc(CCN2C(=O)c3cc4occc4n3CC2(C)C(=O)NC2CCCCCC2)cc1OC. The van der Waals surface area contributed by atoms with Gasteiger partial charge in [-0.15, -0.1) is 0 Å². The van der Waals surface area contributed by atoms with Crippen molar-refractivity contribution < 1.29 is 23.5 Å². The fraction of sp³-hybridized carbons (Fsp3) is 0.500. The zero-order chi connectivity index (χ0) is 25.3. The molecular weight excluding hydrogens is 458 g/mol. The first-order chi connectivity index (χ1) is 17.4. The van der Waals surface area contributed by atoms with Crippen LogP contribution in [0.25, 0.3) is 11.1 Å². The van der Waals surface area contributed by atoms with Crippen molar-refractivity contribution in [3.05, 3.63) is 47.9 Å². The smallest absolute Gasteiger partial charge is 0.271 e. The van der Waals surface area contributed by atoms with Crippen molar-refractivity contribution in [1.82, 2.24) is 14.8 Å². The molecule has 1 unspecified atom stereocenters. The average Bonchev–Trinajstić information content (AvgIpc) is 3.38. The summed E-state index contributed by atoms with van der Waals surface area (Å²) in [5.41, 5.74) is 2.02. The van der Waals surface area contributed by atoms with E-state index in [1.54, 1.807) is 31.4 Å². The van der Waals surface area contributed by atoms with Crippen LogP contribution in [0, 0.1) is 0 Å². The number of nitrogens with zero attached hydrogens (tertiary/aromatic N) is 2.